The van der Waals surface area contributed by atoms with E-state index in [1.807, 2.05) is 6.20 Å². The van der Waals surface area contributed by atoms with Gasteiger partial charge in [0.25, 0.3) is 0 Å². The molecule has 4 heterocycles. The summed E-state index contributed by atoms with van der Waals surface area (Å²) < 4.78 is 0. The summed E-state index contributed by atoms with van der Waals surface area (Å²) in [7, 11) is 0. The first-order valence-electron chi connectivity index (χ1n) is 8.48. The third kappa shape index (κ3) is 2.17. The molecule has 4 unspecified atom stereocenters. The fourth-order valence-corrected chi connectivity index (χ4v) is 4.62. The van der Waals surface area contributed by atoms with Crippen LogP contribution in [0, 0.1) is 11.8 Å². The molecule has 1 aromatic heterocycles. The standard InChI is InChI=1S/C20H24N2/c1-3-15-13-22-11-9-16(15)12-20(22)14(2)17-8-10-21-19-7-5-4-6-18(17)19/h3-8,10,14-16,20H,1,9,11-13H2,2H3/t14-,15?,16?,20?/m0/s1. The number of para-hydroxylation sites is 1. The molecule has 2 nitrogen and oxygen atoms in total. The highest BCUT2D eigenvalue weighted by Gasteiger charge is 2.41. The van der Waals surface area contributed by atoms with Crippen LogP contribution >= 0.6 is 0 Å². The van der Waals surface area contributed by atoms with Gasteiger partial charge < -0.3 is 0 Å². The van der Waals surface area contributed by atoms with Crippen LogP contribution in [0.2, 0.25) is 0 Å². The molecule has 2 heteroatoms. The van der Waals surface area contributed by atoms with Gasteiger partial charge in [-0.15, -0.1) is 6.58 Å². The largest absolute Gasteiger partial charge is 0.299 e. The van der Waals surface area contributed by atoms with E-state index < -0.39 is 0 Å². The molecule has 1 aromatic carbocycles. The number of aromatic nitrogens is 1. The van der Waals surface area contributed by atoms with Crippen LogP contribution in [0.4, 0.5) is 0 Å². The van der Waals surface area contributed by atoms with Crippen molar-refractivity contribution in [3.63, 3.8) is 0 Å². The SMILES string of the molecule is C=CC1CN2CCC1CC2[C@@H](C)c1ccnc2ccccc12. The van der Waals surface area contributed by atoms with Gasteiger partial charge in [0, 0.05) is 24.2 Å². The fraction of sp³-hybridized carbons (Fsp3) is 0.450. The predicted octanol–water partition coefficient (Wildman–Crippen LogP) is 4.23. The third-order valence-corrected chi connectivity index (χ3v) is 5.90. The van der Waals surface area contributed by atoms with E-state index in [2.05, 4.69) is 59.8 Å². The molecule has 3 aliphatic heterocycles. The number of rotatable bonds is 3. The summed E-state index contributed by atoms with van der Waals surface area (Å²) in [5, 5.41) is 1.32. The van der Waals surface area contributed by atoms with Crippen LogP contribution in [0.5, 0.6) is 0 Å². The van der Waals surface area contributed by atoms with Crippen molar-refractivity contribution in [3.05, 3.63) is 54.7 Å². The van der Waals surface area contributed by atoms with Gasteiger partial charge in [-0.1, -0.05) is 31.2 Å². The topological polar surface area (TPSA) is 16.1 Å². The van der Waals surface area contributed by atoms with E-state index in [4.69, 9.17) is 0 Å². The normalized spacial score (nSPS) is 32.0. The van der Waals surface area contributed by atoms with Crippen molar-refractivity contribution in [1.82, 2.24) is 9.88 Å². The molecule has 0 radical (unpaired) electrons. The number of hydrogen-bond acceptors (Lipinski definition) is 2. The minimum Gasteiger partial charge on any atom is -0.299 e. The number of pyridine rings is 1. The number of nitrogens with zero attached hydrogens (tertiary/aromatic N) is 2. The Morgan fingerprint density at radius 2 is 2.18 bits per heavy atom. The molecule has 114 valence electrons. The van der Waals surface area contributed by atoms with Gasteiger partial charge in [0.2, 0.25) is 0 Å². The summed E-state index contributed by atoms with van der Waals surface area (Å²) in [5.41, 5.74) is 2.57. The van der Waals surface area contributed by atoms with Crippen LogP contribution in [0.15, 0.2) is 49.2 Å². The second kappa shape index (κ2) is 5.51. The van der Waals surface area contributed by atoms with E-state index in [-0.39, 0.29) is 0 Å². The van der Waals surface area contributed by atoms with Crippen LogP contribution in [0.1, 0.15) is 31.2 Å². The lowest BCUT2D eigenvalue weighted by atomic mass is 9.71. The predicted molar refractivity (Wildman–Crippen MR) is 91.9 cm³/mol. The molecular weight excluding hydrogens is 268 g/mol. The molecule has 0 spiro atoms. The van der Waals surface area contributed by atoms with E-state index in [1.165, 1.54) is 36.9 Å². The van der Waals surface area contributed by atoms with Gasteiger partial charge in [-0.25, -0.2) is 0 Å². The van der Waals surface area contributed by atoms with Crippen molar-refractivity contribution in [3.8, 4) is 0 Å². The van der Waals surface area contributed by atoms with E-state index in [0.29, 0.717) is 17.9 Å². The van der Waals surface area contributed by atoms with Gasteiger partial charge >= 0.3 is 0 Å². The quantitative estimate of drug-likeness (QED) is 0.787. The molecule has 3 fully saturated rings. The monoisotopic (exact) mass is 292 g/mol. The molecule has 0 aliphatic carbocycles. The first kappa shape index (κ1) is 14.0. The van der Waals surface area contributed by atoms with Crippen LogP contribution in [0.3, 0.4) is 0 Å². The van der Waals surface area contributed by atoms with Crippen LogP contribution < -0.4 is 0 Å². The Balaban J connectivity index is 1.67. The Hall–Kier alpha value is -1.67. The minimum atomic E-state index is 0.557. The maximum absolute atomic E-state index is 4.52. The van der Waals surface area contributed by atoms with E-state index in [0.717, 1.165) is 11.4 Å². The molecule has 0 N–H and O–H groups in total. The lowest BCUT2D eigenvalue weighted by Crippen LogP contribution is -2.54. The smallest absolute Gasteiger partial charge is 0.0704 e. The Morgan fingerprint density at radius 1 is 1.32 bits per heavy atom. The van der Waals surface area contributed by atoms with Crippen LogP contribution in [-0.4, -0.2) is 29.0 Å². The second-order valence-electron chi connectivity index (χ2n) is 6.95. The summed E-state index contributed by atoms with van der Waals surface area (Å²) in [4.78, 5) is 7.22. The summed E-state index contributed by atoms with van der Waals surface area (Å²) in [6.07, 6.45) is 6.81. The van der Waals surface area contributed by atoms with Crippen molar-refractivity contribution in [2.24, 2.45) is 11.8 Å². The zero-order valence-electron chi connectivity index (χ0n) is 13.3. The maximum Gasteiger partial charge on any atom is 0.0704 e. The van der Waals surface area contributed by atoms with Crippen molar-refractivity contribution >= 4 is 10.9 Å². The second-order valence-corrected chi connectivity index (χ2v) is 6.95. The highest BCUT2D eigenvalue weighted by atomic mass is 15.2. The molecule has 22 heavy (non-hydrogen) atoms. The average molecular weight is 292 g/mol. The highest BCUT2D eigenvalue weighted by Crippen LogP contribution is 2.42. The minimum absolute atomic E-state index is 0.557. The number of piperidine rings is 3. The van der Waals surface area contributed by atoms with Gasteiger partial charge in [-0.05, 0) is 54.8 Å². The lowest BCUT2D eigenvalue weighted by molar-refractivity contribution is 0.00925. The van der Waals surface area contributed by atoms with Gasteiger partial charge in [-0.3, -0.25) is 9.88 Å². The van der Waals surface area contributed by atoms with Gasteiger partial charge in [0.05, 0.1) is 5.52 Å². The van der Waals surface area contributed by atoms with Crippen molar-refractivity contribution in [2.75, 3.05) is 13.1 Å². The first-order valence-corrected chi connectivity index (χ1v) is 8.48. The molecule has 3 aliphatic rings. The number of hydrogen-bond donors (Lipinski definition) is 0. The molecule has 2 aromatic rings. The molecule has 0 saturated carbocycles. The first-order chi connectivity index (χ1) is 10.8. The molecular formula is C20H24N2. The molecule has 2 bridgehead atoms. The lowest BCUT2D eigenvalue weighted by Gasteiger charge is -2.51. The number of fused-ring (bicyclic) bond motifs is 4. The molecule has 5 atom stereocenters. The summed E-state index contributed by atoms with van der Waals surface area (Å²) >= 11 is 0. The zero-order valence-corrected chi connectivity index (χ0v) is 13.3. The summed E-state index contributed by atoms with van der Waals surface area (Å²) in [6, 6.07) is 11.4. The fourth-order valence-electron chi connectivity index (χ4n) is 4.62. The average Bonchev–Trinajstić information content (AvgIpc) is 2.60. The van der Waals surface area contributed by atoms with E-state index in [9.17, 15) is 0 Å². The zero-order chi connectivity index (χ0) is 15.1. The van der Waals surface area contributed by atoms with Crippen molar-refractivity contribution in [1.29, 1.82) is 0 Å². The highest BCUT2D eigenvalue weighted by molar-refractivity contribution is 5.82. The Kier molecular flexibility index (Phi) is 3.50. The van der Waals surface area contributed by atoms with E-state index in [1.54, 1.807) is 0 Å². The maximum atomic E-state index is 4.52. The van der Waals surface area contributed by atoms with E-state index >= 15 is 0 Å². The number of benzene rings is 1. The van der Waals surface area contributed by atoms with Gasteiger partial charge in [-0.2, -0.15) is 0 Å². The van der Waals surface area contributed by atoms with Crippen molar-refractivity contribution < 1.29 is 0 Å². The third-order valence-electron chi connectivity index (χ3n) is 5.90. The van der Waals surface area contributed by atoms with Crippen LogP contribution in [0.25, 0.3) is 10.9 Å². The Labute approximate surface area is 132 Å². The van der Waals surface area contributed by atoms with Gasteiger partial charge in [0.1, 0.15) is 0 Å². The summed E-state index contributed by atoms with van der Waals surface area (Å²) in [6.45, 7) is 8.89. The Bertz CT molecular complexity index is 688. The van der Waals surface area contributed by atoms with Gasteiger partial charge in [0.15, 0.2) is 0 Å². The molecule has 3 saturated heterocycles. The summed E-state index contributed by atoms with van der Waals surface area (Å²) in [5.74, 6) is 2.09. The van der Waals surface area contributed by atoms with Crippen molar-refractivity contribution in [2.45, 2.75) is 31.7 Å². The van der Waals surface area contributed by atoms with Crippen LogP contribution in [-0.2, 0) is 0 Å². The molecule has 0 amide bonds. The Morgan fingerprint density at radius 3 is 2.95 bits per heavy atom. The molecule has 5 rings (SSSR count).